The van der Waals surface area contributed by atoms with E-state index in [1.807, 2.05) is 29.6 Å². The van der Waals surface area contributed by atoms with Gasteiger partial charge in [-0.15, -0.1) is 11.3 Å². The molecule has 1 N–H and O–H groups in total. The lowest BCUT2D eigenvalue weighted by Gasteiger charge is -2.18. The van der Waals surface area contributed by atoms with Crippen LogP contribution in [-0.4, -0.2) is 26.3 Å². The molecule has 4 nitrogen and oxygen atoms in total. The van der Waals surface area contributed by atoms with Crippen molar-refractivity contribution in [1.82, 2.24) is 5.32 Å². The number of rotatable bonds is 6. The third-order valence-corrected chi connectivity index (χ3v) is 5.17. The van der Waals surface area contributed by atoms with Gasteiger partial charge in [0.05, 0.1) is 11.8 Å². The van der Waals surface area contributed by atoms with Gasteiger partial charge < -0.3 is 5.32 Å². The predicted octanol–water partition coefficient (Wildman–Crippen LogP) is 3.04. The number of nitrogens with one attached hydrogen (secondary N) is 1. The summed E-state index contributed by atoms with van der Waals surface area (Å²) >= 11 is 7.43. The fourth-order valence-electron chi connectivity index (χ4n) is 1.94. The van der Waals surface area contributed by atoms with Gasteiger partial charge in [0.25, 0.3) is 0 Å². The molecule has 2 aromatic rings. The Morgan fingerprint density at radius 1 is 1.27 bits per heavy atom. The Morgan fingerprint density at radius 2 is 1.95 bits per heavy atom. The highest BCUT2D eigenvalue weighted by Gasteiger charge is 2.18. The number of carbonyl (C=O) groups is 1. The summed E-state index contributed by atoms with van der Waals surface area (Å²) in [6, 6.07) is 10.8. The first-order valence-corrected chi connectivity index (χ1v) is 9.93. The standard InChI is InChI=1S/C15H16ClNO3S2/c1-22(19,20)10-8-14(18)17-15(13-3-2-9-21-13)11-4-6-12(16)7-5-11/h2-7,9,15H,8,10H2,1H3,(H,17,18). The Labute approximate surface area is 139 Å². The van der Waals surface area contributed by atoms with Gasteiger partial charge in [-0.3, -0.25) is 4.79 Å². The highest BCUT2D eigenvalue weighted by Crippen LogP contribution is 2.27. The fourth-order valence-corrected chi connectivity index (χ4v) is 3.43. The van der Waals surface area contributed by atoms with Gasteiger partial charge in [0.15, 0.2) is 0 Å². The Balaban J connectivity index is 2.16. The molecule has 0 aliphatic heterocycles. The smallest absolute Gasteiger partial charge is 0.221 e. The number of amides is 1. The minimum atomic E-state index is -3.15. The van der Waals surface area contributed by atoms with Crippen molar-refractivity contribution in [3.63, 3.8) is 0 Å². The first-order chi connectivity index (χ1) is 10.3. The second-order valence-corrected chi connectivity index (χ2v) is 8.62. The lowest BCUT2D eigenvalue weighted by atomic mass is 10.1. The number of sulfone groups is 1. The quantitative estimate of drug-likeness (QED) is 0.864. The van der Waals surface area contributed by atoms with E-state index in [0.29, 0.717) is 5.02 Å². The van der Waals surface area contributed by atoms with E-state index in [9.17, 15) is 13.2 Å². The summed E-state index contributed by atoms with van der Waals surface area (Å²) in [5.41, 5.74) is 0.902. The van der Waals surface area contributed by atoms with Crippen LogP contribution in [0.3, 0.4) is 0 Å². The van der Waals surface area contributed by atoms with E-state index in [4.69, 9.17) is 11.6 Å². The molecule has 0 bridgehead atoms. The van der Waals surface area contributed by atoms with Gasteiger partial charge in [-0.2, -0.15) is 0 Å². The summed E-state index contributed by atoms with van der Waals surface area (Å²) < 4.78 is 22.3. The molecule has 0 radical (unpaired) electrons. The average Bonchev–Trinajstić information content (AvgIpc) is 2.97. The average molecular weight is 358 g/mol. The molecule has 0 aliphatic carbocycles. The Bertz CT molecular complexity index is 725. The van der Waals surface area contributed by atoms with Crippen molar-refractivity contribution >= 4 is 38.7 Å². The molecule has 0 aliphatic rings. The molecule has 118 valence electrons. The van der Waals surface area contributed by atoms with E-state index < -0.39 is 9.84 Å². The van der Waals surface area contributed by atoms with Crippen LogP contribution >= 0.6 is 22.9 Å². The van der Waals surface area contributed by atoms with Crippen molar-refractivity contribution in [1.29, 1.82) is 0 Å². The molecule has 0 saturated heterocycles. The van der Waals surface area contributed by atoms with Crippen molar-refractivity contribution in [3.8, 4) is 0 Å². The fraction of sp³-hybridized carbons (Fsp3) is 0.267. The van der Waals surface area contributed by atoms with Crippen molar-refractivity contribution in [2.45, 2.75) is 12.5 Å². The Kier molecular flexibility index (Phi) is 5.61. The largest absolute Gasteiger partial charge is 0.344 e. The molecule has 2 rings (SSSR count). The topological polar surface area (TPSA) is 63.2 Å². The van der Waals surface area contributed by atoms with Crippen molar-refractivity contribution < 1.29 is 13.2 Å². The van der Waals surface area contributed by atoms with E-state index >= 15 is 0 Å². The molecule has 1 atom stereocenters. The van der Waals surface area contributed by atoms with Crippen LogP contribution in [0.4, 0.5) is 0 Å². The number of hydrogen-bond donors (Lipinski definition) is 1. The highest BCUT2D eigenvalue weighted by molar-refractivity contribution is 7.90. The van der Waals surface area contributed by atoms with E-state index in [2.05, 4.69) is 5.32 Å². The molecular weight excluding hydrogens is 342 g/mol. The van der Waals surface area contributed by atoms with Crippen LogP contribution in [0.25, 0.3) is 0 Å². The Hall–Kier alpha value is -1.37. The van der Waals surface area contributed by atoms with Crippen LogP contribution in [0.5, 0.6) is 0 Å². The predicted molar refractivity (Wildman–Crippen MR) is 90.1 cm³/mol. The van der Waals surface area contributed by atoms with Crippen molar-refractivity contribution in [2.75, 3.05) is 12.0 Å². The summed E-state index contributed by atoms with van der Waals surface area (Å²) in [4.78, 5) is 13.0. The molecule has 1 aromatic carbocycles. The third-order valence-electron chi connectivity index (χ3n) is 3.04. The lowest BCUT2D eigenvalue weighted by Crippen LogP contribution is -2.30. The van der Waals surface area contributed by atoms with Gasteiger partial charge in [0.1, 0.15) is 9.84 Å². The van der Waals surface area contributed by atoms with Gasteiger partial charge in [0, 0.05) is 22.6 Å². The van der Waals surface area contributed by atoms with Crippen LogP contribution in [0, 0.1) is 0 Å². The monoisotopic (exact) mass is 357 g/mol. The SMILES string of the molecule is CS(=O)(=O)CCC(=O)NC(c1ccc(Cl)cc1)c1cccs1. The first-order valence-electron chi connectivity index (χ1n) is 6.61. The lowest BCUT2D eigenvalue weighted by molar-refractivity contribution is -0.121. The van der Waals surface area contributed by atoms with Crippen LogP contribution in [-0.2, 0) is 14.6 Å². The zero-order valence-corrected chi connectivity index (χ0v) is 14.3. The molecule has 0 fully saturated rings. The number of carbonyl (C=O) groups excluding carboxylic acids is 1. The van der Waals surface area contributed by atoms with Gasteiger partial charge in [-0.05, 0) is 29.1 Å². The minimum absolute atomic E-state index is 0.0473. The maximum absolute atomic E-state index is 12.0. The molecule has 0 spiro atoms. The summed E-state index contributed by atoms with van der Waals surface area (Å²) in [7, 11) is -3.15. The second-order valence-electron chi connectivity index (χ2n) is 4.95. The maximum atomic E-state index is 12.0. The van der Waals surface area contributed by atoms with E-state index in [-0.39, 0.29) is 24.1 Å². The zero-order chi connectivity index (χ0) is 16.2. The van der Waals surface area contributed by atoms with E-state index in [1.165, 1.54) is 11.3 Å². The molecule has 1 amide bonds. The van der Waals surface area contributed by atoms with Gasteiger partial charge in [-0.25, -0.2) is 8.42 Å². The summed E-state index contributed by atoms with van der Waals surface area (Å²) in [6.45, 7) is 0. The second kappa shape index (κ2) is 7.26. The molecule has 7 heteroatoms. The minimum Gasteiger partial charge on any atom is -0.344 e. The number of halogens is 1. The number of hydrogen-bond acceptors (Lipinski definition) is 4. The van der Waals surface area contributed by atoms with E-state index in [1.54, 1.807) is 12.1 Å². The molecular formula is C15H16ClNO3S2. The molecule has 1 heterocycles. The Morgan fingerprint density at radius 3 is 2.50 bits per heavy atom. The highest BCUT2D eigenvalue weighted by atomic mass is 35.5. The van der Waals surface area contributed by atoms with Crippen LogP contribution in [0.2, 0.25) is 5.02 Å². The van der Waals surface area contributed by atoms with E-state index in [0.717, 1.165) is 16.7 Å². The number of benzene rings is 1. The molecule has 1 aromatic heterocycles. The van der Waals surface area contributed by atoms with Gasteiger partial charge in [0.2, 0.25) is 5.91 Å². The molecule has 0 saturated carbocycles. The van der Waals surface area contributed by atoms with Crippen molar-refractivity contribution in [3.05, 3.63) is 57.2 Å². The zero-order valence-electron chi connectivity index (χ0n) is 12.0. The third kappa shape index (κ3) is 5.12. The number of thiophene rings is 1. The summed E-state index contributed by atoms with van der Waals surface area (Å²) in [5, 5.41) is 5.45. The molecule has 1 unspecified atom stereocenters. The van der Waals surface area contributed by atoms with Crippen LogP contribution in [0.15, 0.2) is 41.8 Å². The van der Waals surface area contributed by atoms with Gasteiger partial charge >= 0.3 is 0 Å². The van der Waals surface area contributed by atoms with Crippen molar-refractivity contribution in [2.24, 2.45) is 0 Å². The summed E-state index contributed by atoms with van der Waals surface area (Å²) in [6.07, 6.45) is 1.07. The normalized spacial score (nSPS) is 12.8. The first kappa shape index (κ1) is 17.0. The molecule has 22 heavy (non-hydrogen) atoms. The van der Waals surface area contributed by atoms with Gasteiger partial charge in [-0.1, -0.05) is 29.8 Å². The van der Waals surface area contributed by atoms with Crippen LogP contribution < -0.4 is 5.32 Å². The van der Waals surface area contributed by atoms with Crippen LogP contribution in [0.1, 0.15) is 22.9 Å². The maximum Gasteiger partial charge on any atom is 0.221 e. The summed E-state index contributed by atoms with van der Waals surface area (Å²) in [5.74, 6) is -0.449.